The molecule has 1 aromatic rings. The van der Waals surface area contributed by atoms with E-state index in [4.69, 9.17) is 9.76 Å². The molecule has 7 heteroatoms. The molecule has 6 nitrogen and oxygen atoms in total. The van der Waals surface area contributed by atoms with Gasteiger partial charge >= 0.3 is 13.1 Å². The predicted octanol–water partition coefficient (Wildman–Crippen LogP) is -0.893. The molecule has 1 atom stereocenters. The first kappa shape index (κ1) is 12.6. The molecule has 1 aromatic carbocycles. The van der Waals surface area contributed by atoms with Gasteiger partial charge in [0.2, 0.25) is 0 Å². The van der Waals surface area contributed by atoms with Crippen molar-refractivity contribution in [1.82, 2.24) is 5.32 Å². The quantitative estimate of drug-likeness (QED) is 0.604. The van der Waals surface area contributed by atoms with E-state index in [1.165, 1.54) is 13.0 Å². The van der Waals surface area contributed by atoms with Crippen molar-refractivity contribution in [1.29, 1.82) is 0 Å². The van der Waals surface area contributed by atoms with E-state index in [-0.39, 0.29) is 0 Å². The Bertz CT molecular complexity index is 504. The first-order valence-electron chi connectivity index (χ1n) is 5.45. The summed E-state index contributed by atoms with van der Waals surface area (Å²) >= 11 is 0. The molecule has 1 aliphatic rings. The lowest BCUT2D eigenvalue weighted by atomic mass is 9.79. The maximum atomic E-state index is 11.8. The topological polar surface area (TPSA) is 95.9 Å². The number of carboxylic acid groups (broad SMARTS) is 1. The third-order valence-electron chi connectivity index (χ3n) is 2.79. The molecule has 0 saturated carbocycles. The average Bonchev–Trinajstić information content (AvgIpc) is 2.70. The van der Waals surface area contributed by atoms with E-state index in [1.807, 2.05) is 0 Å². The van der Waals surface area contributed by atoms with Crippen molar-refractivity contribution < 1.29 is 24.4 Å². The van der Waals surface area contributed by atoms with Crippen LogP contribution < -0.4 is 10.8 Å². The summed E-state index contributed by atoms with van der Waals surface area (Å²) in [7, 11) is -1.02. The largest absolute Gasteiger partial charge is 0.491 e. The minimum Gasteiger partial charge on any atom is -0.480 e. The Morgan fingerprint density at radius 2 is 2.22 bits per heavy atom. The summed E-state index contributed by atoms with van der Waals surface area (Å²) in [5.41, 5.74) is 1.67. The Balaban J connectivity index is 2.17. The van der Waals surface area contributed by atoms with E-state index in [9.17, 15) is 14.6 Å². The zero-order chi connectivity index (χ0) is 13.3. The predicted molar refractivity (Wildman–Crippen MR) is 63.4 cm³/mol. The summed E-state index contributed by atoms with van der Waals surface area (Å²) in [5.74, 6) is -1.60. The Kier molecular flexibility index (Phi) is 3.35. The minimum absolute atomic E-state index is 0.298. The number of hydrogen-bond acceptors (Lipinski definition) is 4. The first-order chi connectivity index (χ1) is 8.49. The van der Waals surface area contributed by atoms with Gasteiger partial charge in [0.05, 0.1) is 6.61 Å². The number of amides is 1. The standard InChI is InChI=1S/C11H12BNO5/c1-6(11(15)16)13-10(14)7-2-3-8-5-18-12(17)9(8)4-7/h2-4,6,17H,5H2,1H3,(H,13,14)(H,15,16). The van der Waals surface area contributed by atoms with E-state index in [2.05, 4.69) is 5.32 Å². The van der Waals surface area contributed by atoms with Gasteiger partial charge in [-0.25, -0.2) is 0 Å². The van der Waals surface area contributed by atoms with Crippen LogP contribution in [0.2, 0.25) is 0 Å². The molecule has 1 unspecified atom stereocenters. The van der Waals surface area contributed by atoms with Crippen molar-refractivity contribution in [2.45, 2.75) is 19.6 Å². The van der Waals surface area contributed by atoms with Gasteiger partial charge in [-0.05, 0) is 30.1 Å². The zero-order valence-corrected chi connectivity index (χ0v) is 9.71. The summed E-state index contributed by atoms with van der Waals surface area (Å²) < 4.78 is 5.01. The van der Waals surface area contributed by atoms with Gasteiger partial charge in [-0.2, -0.15) is 0 Å². The van der Waals surface area contributed by atoms with Crippen LogP contribution in [0.25, 0.3) is 0 Å². The molecule has 0 radical (unpaired) electrons. The van der Waals surface area contributed by atoms with Gasteiger partial charge in [0.25, 0.3) is 5.91 Å². The zero-order valence-electron chi connectivity index (χ0n) is 9.71. The SMILES string of the molecule is CC(NC(=O)c1ccc2c(c1)B(O)OC2)C(=O)O. The second-order valence-electron chi connectivity index (χ2n) is 4.11. The third kappa shape index (κ3) is 2.37. The van der Waals surface area contributed by atoms with Crippen LogP contribution in [-0.2, 0) is 16.1 Å². The smallest absolute Gasteiger partial charge is 0.480 e. The highest BCUT2D eigenvalue weighted by molar-refractivity contribution is 6.61. The lowest BCUT2D eigenvalue weighted by Gasteiger charge is -2.10. The summed E-state index contributed by atoms with van der Waals surface area (Å²) in [5, 5.41) is 20.6. The van der Waals surface area contributed by atoms with Crippen LogP contribution in [0.4, 0.5) is 0 Å². The van der Waals surface area contributed by atoms with E-state index in [1.54, 1.807) is 12.1 Å². The number of rotatable bonds is 3. The van der Waals surface area contributed by atoms with Crippen molar-refractivity contribution in [3.63, 3.8) is 0 Å². The monoisotopic (exact) mass is 249 g/mol. The molecule has 1 amide bonds. The molecule has 94 valence electrons. The van der Waals surface area contributed by atoms with E-state index in [0.29, 0.717) is 17.6 Å². The van der Waals surface area contributed by atoms with Gasteiger partial charge in [-0.3, -0.25) is 9.59 Å². The van der Waals surface area contributed by atoms with Gasteiger partial charge in [0, 0.05) is 5.56 Å². The van der Waals surface area contributed by atoms with Crippen LogP contribution in [0, 0.1) is 0 Å². The number of benzene rings is 1. The number of hydrogen-bond donors (Lipinski definition) is 3. The molecule has 1 heterocycles. The van der Waals surface area contributed by atoms with Crippen LogP contribution >= 0.6 is 0 Å². The first-order valence-corrected chi connectivity index (χ1v) is 5.45. The lowest BCUT2D eigenvalue weighted by molar-refractivity contribution is -0.138. The van der Waals surface area contributed by atoms with E-state index < -0.39 is 25.0 Å². The maximum absolute atomic E-state index is 11.8. The minimum atomic E-state index is -1.10. The fraction of sp³-hybridized carbons (Fsp3) is 0.273. The molecule has 1 aliphatic heterocycles. The highest BCUT2D eigenvalue weighted by Gasteiger charge is 2.28. The normalized spacial score (nSPS) is 15.1. The second-order valence-corrected chi connectivity index (χ2v) is 4.11. The molecular weight excluding hydrogens is 237 g/mol. The summed E-state index contributed by atoms with van der Waals surface area (Å²) in [4.78, 5) is 22.4. The maximum Gasteiger partial charge on any atom is 0.491 e. The molecule has 0 aromatic heterocycles. The van der Waals surface area contributed by atoms with Gasteiger partial charge in [-0.1, -0.05) is 6.07 Å². The molecule has 2 rings (SSSR count). The molecule has 0 fully saturated rings. The number of fused-ring (bicyclic) bond motifs is 1. The van der Waals surface area contributed by atoms with Crippen LogP contribution in [0.3, 0.4) is 0 Å². The number of nitrogens with one attached hydrogen (secondary N) is 1. The fourth-order valence-electron chi connectivity index (χ4n) is 1.70. The van der Waals surface area contributed by atoms with Gasteiger partial charge in [0.15, 0.2) is 0 Å². The van der Waals surface area contributed by atoms with Gasteiger partial charge in [0.1, 0.15) is 6.04 Å². The van der Waals surface area contributed by atoms with Crippen LogP contribution in [0.15, 0.2) is 18.2 Å². The molecule has 3 N–H and O–H groups in total. The molecular formula is C11H12BNO5. The van der Waals surface area contributed by atoms with Crippen LogP contribution in [-0.4, -0.2) is 35.2 Å². The molecule has 0 bridgehead atoms. The molecule has 18 heavy (non-hydrogen) atoms. The summed E-state index contributed by atoms with van der Waals surface area (Å²) in [6, 6.07) is 3.80. The van der Waals surface area contributed by atoms with Crippen molar-refractivity contribution in [3.8, 4) is 0 Å². The second kappa shape index (κ2) is 4.79. The number of carboxylic acids is 1. The Morgan fingerprint density at radius 1 is 1.50 bits per heavy atom. The average molecular weight is 249 g/mol. The Morgan fingerprint density at radius 3 is 2.89 bits per heavy atom. The number of carbonyl (C=O) groups excluding carboxylic acids is 1. The fourth-order valence-corrected chi connectivity index (χ4v) is 1.70. The number of carbonyl (C=O) groups is 2. The molecule has 0 aliphatic carbocycles. The van der Waals surface area contributed by atoms with Gasteiger partial charge < -0.3 is 20.1 Å². The van der Waals surface area contributed by atoms with Crippen LogP contribution in [0.5, 0.6) is 0 Å². The summed E-state index contributed by atoms with van der Waals surface area (Å²) in [6.45, 7) is 1.69. The Labute approximate surface area is 104 Å². The third-order valence-corrected chi connectivity index (χ3v) is 2.79. The highest BCUT2D eigenvalue weighted by atomic mass is 16.5. The van der Waals surface area contributed by atoms with E-state index in [0.717, 1.165) is 5.56 Å². The highest BCUT2D eigenvalue weighted by Crippen LogP contribution is 2.11. The van der Waals surface area contributed by atoms with E-state index >= 15 is 0 Å². The molecule has 0 spiro atoms. The van der Waals surface area contributed by atoms with Crippen molar-refractivity contribution in [3.05, 3.63) is 29.3 Å². The van der Waals surface area contributed by atoms with Crippen molar-refractivity contribution in [2.24, 2.45) is 0 Å². The van der Waals surface area contributed by atoms with Crippen molar-refractivity contribution in [2.75, 3.05) is 0 Å². The van der Waals surface area contributed by atoms with Crippen molar-refractivity contribution >= 4 is 24.5 Å². The summed E-state index contributed by atoms with van der Waals surface area (Å²) in [6.07, 6.45) is 0. The molecule has 0 saturated heterocycles. The van der Waals surface area contributed by atoms with Crippen LogP contribution in [0.1, 0.15) is 22.8 Å². The van der Waals surface area contributed by atoms with Gasteiger partial charge in [-0.15, -0.1) is 0 Å². The number of aliphatic carboxylic acids is 1. The Hall–Kier alpha value is -1.86. The lowest BCUT2D eigenvalue weighted by Crippen LogP contribution is -2.39.